The smallest absolute Gasteiger partial charge is 0.294 e. The number of halogens is 1. The normalized spacial score (nSPS) is 22.1. The fourth-order valence-corrected chi connectivity index (χ4v) is 3.94. The molecule has 1 aliphatic rings. The molecule has 21 heavy (non-hydrogen) atoms. The minimum Gasteiger partial charge on any atom is -0.392 e. The second kappa shape index (κ2) is 6.11. The lowest BCUT2D eigenvalue weighted by molar-refractivity contribution is -0.383. The van der Waals surface area contributed by atoms with E-state index in [1.807, 2.05) is 11.8 Å². The van der Waals surface area contributed by atoms with Crippen LogP contribution >= 0.6 is 23.4 Å². The highest BCUT2D eigenvalue weighted by molar-refractivity contribution is 8.00. The molecule has 1 amide bonds. The van der Waals surface area contributed by atoms with Crippen LogP contribution in [0.2, 0.25) is 5.02 Å². The molecule has 6 nitrogen and oxygen atoms in total. The molecular weight excluding hydrogens is 314 g/mol. The van der Waals surface area contributed by atoms with E-state index in [1.54, 1.807) is 4.90 Å². The third kappa shape index (κ3) is 3.41. The Morgan fingerprint density at radius 2 is 2.00 bits per heavy atom. The van der Waals surface area contributed by atoms with E-state index in [0.717, 1.165) is 0 Å². The van der Waals surface area contributed by atoms with Crippen LogP contribution in [0, 0.1) is 10.1 Å². The third-order valence-corrected chi connectivity index (χ3v) is 4.80. The summed E-state index contributed by atoms with van der Waals surface area (Å²) in [4.78, 5) is 24.6. The molecule has 1 aromatic rings. The molecule has 2 N–H and O–H groups in total. The van der Waals surface area contributed by atoms with Crippen LogP contribution in [0.15, 0.2) is 12.1 Å². The Morgan fingerprint density at radius 3 is 2.52 bits per heavy atom. The Morgan fingerprint density at radius 1 is 1.43 bits per heavy atom. The number of nitrogens with two attached hydrogens (primary N) is 1. The van der Waals surface area contributed by atoms with Crippen molar-refractivity contribution in [2.75, 3.05) is 18.8 Å². The van der Waals surface area contributed by atoms with Gasteiger partial charge in [0.05, 0.1) is 9.95 Å². The molecule has 2 rings (SSSR count). The van der Waals surface area contributed by atoms with E-state index in [4.69, 9.17) is 17.3 Å². The molecule has 0 saturated carbocycles. The first-order valence-electron chi connectivity index (χ1n) is 6.47. The number of nitrogens with zero attached hydrogens (tertiary/aromatic N) is 2. The van der Waals surface area contributed by atoms with E-state index >= 15 is 0 Å². The van der Waals surface area contributed by atoms with Gasteiger partial charge in [-0.3, -0.25) is 14.9 Å². The van der Waals surface area contributed by atoms with Crippen LogP contribution in [-0.4, -0.2) is 39.3 Å². The monoisotopic (exact) mass is 329 g/mol. The number of hydrogen-bond donors (Lipinski definition) is 1. The Kier molecular flexibility index (Phi) is 4.63. The molecule has 2 unspecified atom stereocenters. The van der Waals surface area contributed by atoms with Gasteiger partial charge in [0.1, 0.15) is 5.69 Å². The Labute approximate surface area is 131 Å². The maximum absolute atomic E-state index is 12.5. The number of carbonyl (C=O) groups excluding carboxylic acids is 1. The number of nitrogen functional groups attached to an aromatic ring is 1. The zero-order chi connectivity index (χ0) is 15.7. The summed E-state index contributed by atoms with van der Waals surface area (Å²) in [6.07, 6.45) is 0. The van der Waals surface area contributed by atoms with Crippen molar-refractivity contribution in [1.29, 1.82) is 0 Å². The van der Waals surface area contributed by atoms with Gasteiger partial charge in [-0.1, -0.05) is 25.4 Å². The van der Waals surface area contributed by atoms with Gasteiger partial charge >= 0.3 is 0 Å². The van der Waals surface area contributed by atoms with Gasteiger partial charge in [-0.2, -0.15) is 11.8 Å². The average Bonchev–Trinajstić information content (AvgIpc) is 2.39. The average molecular weight is 330 g/mol. The van der Waals surface area contributed by atoms with Crippen molar-refractivity contribution in [2.45, 2.75) is 24.3 Å². The van der Waals surface area contributed by atoms with Crippen LogP contribution in [0.3, 0.4) is 0 Å². The number of carbonyl (C=O) groups is 1. The van der Waals surface area contributed by atoms with Gasteiger partial charge in [0.25, 0.3) is 11.6 Å². The molecule has 114 valence electrons. The van der Waals surface area contributed by atoms with Crippen LogP contribution in [0.5, 0.6) is 0 Å². The Bertz CT molecular complexity index is 586. The first-order chi connectivity index (χ1) is 9.79. The lowest BCUT2D eigenvalue weighted by atomic mass is 10.1. The molecule has 0 aromatic heterocycles. The van der Waals surface area contributed by atoms with Gasteiger partial charge in [-0.25, -0.2) is 0 Å². The van der Waals surface area contributed by atoms with Crippen LogP contribution in [0.1, 0.15) is 24.2 Å². The number of rotatable bonds is 2. The molecular formula is C13H16ClN3O3S. The van der Waals surface area contributed by atoms with Crippen molar-refractivity contribution in [2.24, 2.45) is 0 Å². The van der Waals surface area contributed by atoms with E-state index in [0.29, 0.717) is 23.6 Å². The highest BCUT2D eigenvalue weighted by atomic mass is 35.5. The van der Waals surface area contributed by atoms with E-state index < -0.39 is 4.92 Å². The van der Waals surface area contributed by atoms with Gasteiger partial charge in [-0.15, -0.1) is 0 Å². The maximum atomic E-state index is 12.5. The number of anilines is 1. The van der Waals surface area contributed by atoms with Crippen molar-refractivity contribution < 1.29 is 9.72 Å². The van der Waals surface area contributed by atoms with Crippen molar-refractivity contribution >= 4 is 40.6 Å². The molecule has 1 aliphatic heterocycles. The largest absolute Gasteiger partial charge is 0.392 e. The molecule has 0 radical (unpaired) electrons. The molecule has 0 spiro atoms. The van der Waals surface area contributed by atoms with E-state index in [9.17, 15) is 14.9 Å². The fraction of sp³-hybridized carbons (Fsp3) is 0.462. The van der Waals surface area contributed by atoms with Crippen LogP contribution < -0.4 is 5.73 Å². The minimum absolute atomic E-state index is 0.0278. The number of nitro benzene ring substituents is 1. The van der Waals surface area contributed by atoms with Crippen molar-refractivity contribution in [3.05, 3.63) is 32.8 Å². The molecule has 1 heterocycles. The highest BCUT2D eigenvalue weighted by Gasteiger charge is 2.28. The first kappa shape index (κ1) is 15.9. The Hall–Kier alpha value is -1.47. The van der Waals surface area contributed by atoms with Gasteiger partial charge in [0, 0.05) is 35.2 Å². The molecule has 1 saturated heterocycles. The highest BCUT2D eigenvalue weighted by Crippen LogP contribution is 2.32. The van der Waals surface area contributed by atoms with Crippen LogP contribution in [0.25, 0.3) is 0 Å². The molecule has 1 fully saturated rings. The zero-order valence-electron chi connectivity index (χ0n) is 11.7. The van der Waals surface area contributed by atoms with E-state index in [1.165, 1.54) is 12.1 Å². The summed E-state index contributed by atoms with van der Waals surface area (Å²) in [6.45, 7) is 5.34. The van der Waals surface area contributed by atoms with Gasteiger partial charge < -0.3 is 10.6 Å². The first-order valence-corrected chi connectivity index (χ1v) is 7.79. The molecule has 2 atom stereocenters. The lowest BCUT2D eigenvalue weighted by Crippen LogP contribution is -2.44. The fourth-order valence-electron chi connectivity index (χ4n) is 2.40. The van der Waals surface area contributed by atoms with E-state index in [2.05, 4.69) is 13.8 Å². The summed E-state index contributed by atoms with van der Waals surface area (Å²) in [6, 6.07) is 2.59. The molecule has 8 heteroatoms. The summed E-state index contributed by atoms with van der Waals surface area (Å²) in [7, 11) is 0. The van der Waals surface area contributed by atoms with Gasteiger partial charge in [-0.05, 0) is 6.07 Å². The molecule has 0 aliphatic carbocycles. The summed E-state index contributed by atoms with van der Waals surface area (Å²) in [5.74, 6) is -0.251. The maximum Gasteiger partial charge on any atom is 0.294 e. The quantitative estimate of drug-likeness (QED) is 0.512. The summed E-state index contributed by atoms with van der Waals surface area (Å²) in [5.41, 5.74) is 5.32. The zero-order valence-corrected chi connectivity index (χ0v) is 13.3. The van der Waals surface area contributed by atoms with E-state index in [-0.39, 0.29) is 27.9 Å². The topological polar surface area (TPSA) is 89.5 Å². The SMILES string of the molecule is CC1CN(C(=O)c2cc(Cl)c(N)c([N+](=O)[O-])c2)CC(C)S1. The third-order valence-electron chi connectivity index (χ3n) is 3.26. The lowest BCUT2D eigenvalue weighted by Gasteiger charge is -2.34. The standard InChI is InChI=1S/C13H16ClN3O3S/c1-7-5-16(6-8(2)21-7)13(18)9-3-10(14)12(15)11(4-9)17(19)20/h3-4,7-8H,5-6,15H2,1-2H3. The molecule has 1 aromatic carbocycles. The summed E-state index contributed by atoms with van der Waals surface area (Å²) < 4.78 is 0. The predicted molar refractivity (Wildman–Crippen MR) is 84.9 cm³/mol. The number of hydrogen-bond acceptors (Lipinski definition) is 5. The minimum atomic E-state index is -0.630. The van der Waals surface area contributed by atoms with Crippen molar-refractivity contribution in [3.63, 3.8) is 0 Å². The number of thioether (sulfide) groups is 1. The number of benzene rings is 1. The Balaban J connectivity index is 2.33. The van der Waals surface area contributed by atoms with Crippen molar-refractivity contribution in [3.8, 4) is 0 Å². The van der Waals surface area contributed by atoms with Crippen molar-refractivity contribution in [1.82, 2.24) is 4.90 Å². The van der Waals surface area contributed by atoms with Gasteiger partial charge in [0.15, 0.2) is 0 Å². The van der Waals surface area contributed by atoms with Gasteiger partial charge in [0.2, 0.25) is 0 Å². The van der Waals surface area contributed by atoms with Crippen LogP contribution in [-0.2, 0) is 0 Å². The summed E-state index contributed by atoms with van der Waals surface area (Å²) in [5, 5.41) is 11.7. The predicted octanol–water partition coefficient (Wildman–Crippen LogP) is 2.80. The van der Waals surface area contributed by atoms with Crippen LogP contribution in [0.4, 0.5) is 11.4 Å². The second-order valence-corrected chi connectivity index (χ2v) is 7.40. The molecule has 0 bridgehead atoms. The number of amides is 1. The summed E-state index contributed by atoms with van der Waals surface area (Å²) >= 11 is 7.72. The second-order valence-electron chi connectivity index (χ2n) is 5.12. The number of nitro groups is 1.